The van der Waals surface area contributed by atoms with Gasteiger partial charge in [-0.15, -0.1) is 0 Å². The molecule has 0 saturated carbocycles. The number of para-hydroxylation sites is 2. The minimum atomic E-state index is -0.472. The molecular weight excluding hydrogens is 355 g/mol. The van der Waals surface area contributed by atoms with Gasteiger partial charge < -0.3 is 4.74 Å². The van der Waals surface area contributed by atoms with Crippen LogP contribution in [0.2, 0.25) is 0 Å². The van der Waals surface area contributed by atoms with Crippen molar-refractivity contribution in [1.29, 1.82) is 0 Å². The highest BCUT2D eigenvalue weighted by Gasteiger charge is 2.28. The van der Waals surface area contributed by atoms with Crippen molar-refractivity contribution in [2.24, 2.45) is 5.10 Å². The molecule has 28 heavy (non-hydrogen) atoms. The van der Waals surface area contributed by atoms with Crippen molar-refractivity contribution in [3.8, 4) is 11.5 Å². The molecule has 0 spiro atoms. The second-order valence-corrected chi connectivity index (χ2v) is 6.30. The zero-order chi connectivity index (χ0) is 19.5. The van der Waals surface area contributed by atoms with Gasteiger partial charge in [-0.2, -0.15) is 10.1 Å². The lowest BCUT2D eigenvalue weighted by Gasteiger charge is -2.11. The number of hydrogen-bond acceptors (Lipinski definition) is 3. The Morgan fingerprint density at radius 3 is 2.36 bits per heavy atom. The predicted molar refractivity (Wildman–Crippen MR) is 108 cm³/mol. The average Bonchev–Trinajstić information content (AvgIpc) is 3.00. The zero-order valence-electron chi connectivity index (χ0n) is 15.2. The van der Waals surface area contributed by atoms with Gasteiger partial charge in [0.2, 0.25) is 0 Å². The Kier molecular flexibility index (Phi) is 4.72. The molecule has 0 N–H and O–H groups in total. The lowest BCUT2D eigenvalue weighted by molar-refractivity contribution is -0.114. The van der Waals surface area contributed by atoms with Crippen LogP contribution in [-0.4, -0.2) is 11.6 Å². The van der Waals surface area contributed by atoms with Gasteiger partial charge in [0.15, 0.2) is 11.6 Å². The topological polar surface area (TPSA) is 41.9 Å². The molecule has 0 aliphatic carbocycles. The molecule has 3 aromatic rings. The maximum absolute atomic E-state index is 14.2. The first-order chi connectivity index (χ1) is 13.6. The second kappa shape index (κ2) is 7.48. The molecule has 4 nitrogen and oxygen atoms in total. The lowest BCUT2D eigenvalue weighted by Crippen LogP contribution is -2.21. The molecule has 0 saturated heterocycles. The van der Waals surface area contributed by atoms with Crippen molar-refractivity contribution in [2.75, 3.05) is 5.01 Å². The minimum Gasteiger partial charge on any atom is -0.454 e. The van der Waals surface area contributed by atoms with E-state index in [1.165, 1.54) is 11.1 Å². The first-order valence-electron chi connectivity index (χ1n) is 8.81. The maximum Gasteiger partial charge on any atom is 0.280 e. The highest BCUT2D eigenvalue weighted by Crippen LogP contribution is 2.28. The third-order valence-corrected chi connectivity index (χ3v) is 4.30. The largest absolute Gasteiger partial charge is 0.454 e. The molecule has 0 atom stereocenters. The Morgan fingerprint density at radius 2 is 1.64 bits per heavy atom. The van der Waals surface area contributed by atoms with E-state index < -0.39 is 5.82 Å². The van der Waals surface area contributed by atoms with E-state index in [0.717, 1.165) is 0 Å². The quantitative estimate of drug-likeness (QED) is 0.574. The number of carbonyl (C=O) groups is 1. The lowest BCUT2D eigenvalue weighted by atomic mass is 10.1. The van der Waals surface area contributed by atoms with Crippen molar-refractivity contribution < 1.29 is 13.9 Å². The van der Waals surface area contributed by atoms with Gasteiger partial charge in [-0.3, -0.25) is 4.79 Å². The number of ether oxygens (including phenoxy) is 1. The standard InChI is InChI=1S/C23H17FN2O2/c1-16-20(23(27)26(25-16)18-8-4-2-5-9-18)14-17-12-13-21(24)22(15-17)28-19-10-6-3-7-11-19/h2-15H,1H3/b20-14-. The van der Waals surface area contributed by atoms with Gasteiger partial charge in [-0.1, -0.05) is 42.5 Å². The number of rotatable bonds is 4. The van der Waals surface area contributed by atoms with Crippen LogP contribution >= 0.6 is 0 Å². The van der Waals surface area contributed by atoms with E-state index >= 15 is 0 Å². The maximum atomic E-state index is 14.2. The molecule has 0 aromatic heterocycles. The summed E-state index contributed by atoms with van der Waals surface area (Å²) < 4.78 is 19.8. The Bertz CT molecular complexity index is 1080. The van der Waals surface area contributed by atoms with E-state index in [-0.39, 0.29) is 11.7 Å². The van der Waals surface area contributed by atoms with Crippen LogP contribution in [0.5, 0.6) is 11.5 Å². The Balaban J connectivity index is 1.63. The van der Waals surface area contributed by atoms with Crippen molar-refractivity contribution in [3.63, 3.8) is 0 Å². The molecule has 1 heterocycles. The summed E-state index contributed by atoms with van der Waals surface area (Å²) in [6.07, 6.45) is 1.70. The molecule has 4 rings (SSSR count). The van der Waals surface area contributed by atoms with Crippen molar-refractivity contribution in [3.05, 3.63) is 95.8 Å². The van der Waals surface area contributed by atoms with E-state index in [4.69, 9.17) is 4.74 Å². The van der Waals surface area contributed by atoms with Crippen molar-refractivity contribution in [2.45, 2.75) is 6.92 Å². The van der Waals surface area contributed by atoms with Gasteiger partial charge in [0.1, 0.15) is 5.75 Å². The minimum absolute atomic E-state index is 0.0977. The summed E-state index contributed by atoms with van der Waals surface area (Å²) in [6.45, 7) is 1.78. The second-order valence-electron chi connectivity index (χ2n) is 6.30. The highest BCUT2D eigenvalue weighted by atomic mass is 19.1. The summed E-state index contributed by atoms with van der Waals surface area (Å²) >= 11 is 0. The molecule has 1 aliphatic rings. The molecule has 3 aromatic carbocycles. The van der Waals surface area contributed by atoms with Gasteiger partial charge in [-0.25, -0.2) is 4.39 Å². The Morgan fingerprint density at radius 1 is 0.964 bits per heavy atom. The van der Waals surface area contributed by atoms with Gasteiger partial charge in [0.05, 0.1) is 17.0 Å². The van der Waals surface area contributed by atoms with Crippen molar-refractivity contribution >= 4 is 23.4 Å². The van der Waals surface area contributed by atoms with E-state index in [1.807, 2.05) is 48.5 Å². The first-order valence-corrected chi connectivity index (χ1v) is 8.81. The van der Waals surface area contributed by atoms with Crippen molar-refractivity contribution in [1.82, 2.24) is 0 Å². The number of halogens is 1. The number of hydrogen-bond donors (Lipinski definition) is 0. The smallest absolute Gasteiger partial charge is 0.280 e. The SMILES string of the molecule is CC1=NN(c2ccccc2)C(=O)/C1=C\c1ccc(F)c(Oc2ccccc2)c1. The van der Waals surface area contributed by atoms with E-state index in [0.29, 0.717) is 28.3 Å². The molecule has 5 heteroatoms. The number of nitrogens with zero attached hydrogens (tertiary/aromatic N) is 2. The molecule has 0 unspecified atom stereocenters. The third-order valence-electron chi connectivity index (χ3n) is 4.30. The number of amides is 1. The summed E-state index contributed by atoms with van der Waals surface area (Å²) in [5, 5.41) is 5.72. The molecule has 1 amide bonds. The number of benzene rings is 3. The van der Waals surface area contributed by atoms with E-state index in [2.05, 4.69) is 5.10 Å². The number of anilines is 1. The molecule has 0 bridgehead atoms. The monoisotopic (exact) mass is 372 g/mol. The summed E-state index contributed by atoms with van der Waals surface area (Å²) in [5.41, 5.74) is 2.41. The summed E-state index contributed by atoms with van der Waals surface area (Å²) in [5.74, 6) is -0.0600. The molecule has 0 radical (unpaired) electrons. The van der Waals surface area contributed by atoms with Gasteiger partial charge in [0, 0.05) is 0 Å². The summed E-state index contributed by atoms with van der Waals surface area (Å²) in [4.78, 5) is 12.8. The third kappa shape index (κ3) is 3.55. The summed E-state index contributed by atoms with van der Waals surface area (Å²) in [6, 6.07) is 22.7. The van der Waals surface area contributed by atoms with Gasteiger partial charge in [-0.05, 0) is 55.0 Å². The van der Waals surface area contributed by atoms with Crippen LogP contribution in [0.15, 0.2) is 89.5 Å². The fraction of sp³-hybridized carbons (Fsp3) is 0.0435. The van der Waals surface area contributed by atoms with Crippen LogP contribution < -0.4 is 9.75 Å². The summed E-state index contributed by atoms with van der Waals surface area (Å²) in [7, 11) is 0. The zero-order valence-corrected chi connectivity index (χ0v) is 15.2. The number of carbonyl (C=O) groups excluding carboxylic acids is 1. The van der Waals surface area contributed by atoms with Crippen LogP contribution in [0.25, 0.3) is 6.08 Å². The van der Waals surface area contributed by atoms with E-state index in [9.17, 15) is 9.18 Å². The normalized spacial score (nSPS) is 15.1. The molecule has 0 fully saturated rings. The van der Waals surface area contributed by atoms with Gasteiger partial charge in [0.25, 0.3) is 5.91 Å². The average molecular weight is 372 g/mol. The highest BCUT2D eigenvalue weighted by molar-refractivity contribution is 6.32. The first kappa shape index (κ1) is 17.7. The van der Waals surface area contributed by atoms with E-state index in [1.54, 1.807) is 37.3 Å². The Hall–Kier alpha value is -3.73. The fourth-order valence-electron chi connectivity index (χ4n) is 2.90. The van der Waals surface area contributed by atoms with Crippen LogP contribution in [-0.2, 0) is 4.79 Å². The van der Waals surface area contributed by atoms with Crippen LogP contribution in [0, 0.1) is 5.82 Å². The predicted octanol–water partition coefficient (Wildman–Crippen LogP) is 5.42. The fourth-order valence-corrected chi connectivity index (χ4v) is 2.90. The van der Waals surface area contributed by atoms with Crippen LogP contribution in [0.4, 0.5) is 10.1 Å². The molecule has 1 aliphatic heterocycles. The molecule has 138 valence electrons. The van der Waals surface area contributed by atoms with Crippen LogP contribution in [0.3, 0.4) is 0 Å². The Labute approximate surface area is 162 Å². The van der Waals surface area contributed by atoms with Gasteiger partial charge >= 0.3 is 0 Å². The van der Waals surface area contributed by atoms with Crippen LogP contribution in [0.1, 0.15) is 12.5 Å². The molecular formula is C23H17FN2O2. The number of hydrazone groups is 1.